The van der Waals surface area contributed by atoms with Crippen molar-refractivity contribution in [1.82, 2.24) is 9.97 Å². The van der Waals surface area contributed by atoms with Crippen LogP contribution in [0.15, 0.2) is 36.9 Å². The summed E-state index contributed by atoms with van der Waals surface area (Å²) in [4.78, 5) is 28.7. The molecule has 0 radical (unpaired) electrons. The average Bonchev–Trinajstić information content (AvgIpc) is 2.40. The third-order valence-electron chi connectivity index (χ3n) is 2.50. The number of aromatic carboxylic acids is 1. The summed E-state index contributed by atoms with van der Waals surface area (Å²) < 4.78 is 0. The summed E-state index contributed by atoms with van der Waals surface area (Å²) in [6, 6.07) is 3.14. The number of hydrogen-bond donors (Lipinski definition) is 2. The van der Waals surface area contributed by atoms with Crippen molar-refractivity contribution in [3.8, 4) is 0 Å². The van der Waals surface area contributed by atoms with Gasteiger partial charge in [-0.15, -0.1) is 12.6 Å². The molecule has 2 rings (SSSR count). The first kappa shape index (κ1) is 15.8. The van der Waals surface area contributed by atoms with E-state index in [1.165, 1.54) is 18.5 Å². The lowest BCUT2D eigenvalue weighted by Gasteiger charge is -1.96. The molecule has 0 amide bonds. The van der Waals surface area contributed by atoms with Gasteiger partial charge >= 0.3 is 5.97 Å². The molecule has 0 aliphatic carbocycles. The lowest BCUT2D eigenvalue weighted by atomic mass is 10.2. The molecule has 0 fully saturated rings. The number of aryl methyl sites for hydroxylation is 2. The summed E-state index contributed by atoms with van der Waals surface area (Å²) in [5, 5.41) is 8.33. The van der Waals surface area contributed by atoms with Crippen LogP contribution in [-0.2, 0) is 0 Å². The van der Waals surface area contributed by atoms with Gasteiger partial charge in [-0.05, 0) is 37.1 Å². The zero-order valence-corrected chi connectivity index (χ0v) is 12.0. The molecule has 2 heterocycles. The van der Waals surface area contributed by atoms with Gasteiger partial charge in [0.25, 0.3) is 0 Å². The van der Waals surface area contributed by atoms with Crippen molar-refractivity contribution < 1.29 is 14.7 Å². The number of rotatable bonds is 2. The summed E-state index contributed by atoms with van der Waals surface area (Å²) >= 11 is 3.69. The predicted octanol–water partition coefficient (Wildman–Crippen LogP) is 2.55. The van der Waals surface area contributed by atoms with Gasteiger partial charge in [0.1, 0.15) is 0 Å². The van der Waals surface area contributed by atoms with Gasteiger partial charge < -0.3 is 5.11 Å². The van der Waals surface area contributed by atoms with Gasteiger partial charge in [-0.25, -0.2) is 4.79 Å². The molecule has 6 heteroatoms. The maximum Gasteiger partial charge on any atom is 0.336 e. The van der Waals surface area contributed by atoms with Gasteiger partial charge in [-0.1, -0.05) is 0 Å². The molecule has 2 aromatic heterocycles. The number of carbonyl (C=O) groups is 2. The minimum Gasteiger partial charge on any atom is -0.478 e. The first-order chi connectivity index (χ1) is 9.43. The van der Waals surface area contributed by atoms with Crippen molar-refractivity contribution >= 4 is 23.7 Å². The number of carbonyl (C=O) groups excluding carboxylic acids is 1. The lowest BCUT2D eigenvalue weighted by molar-refractivity contribution is 0.0695. The molecular weight excluding hydrogens is 276 g/mol. The summed E-state index contributed by atoms with van der Waals surface area (Å²) in [5.41, 5.74) is 2.49. The van der Waals surface area contributed by atoms with E-state index in [2.05, 4.69) is 22.6 Å². The van der Waals surface area contributed by atoms with Crippen LogP contribution < -0.4 is 0 Å². The molecule has 0 spiro atoms. The number of carboxylic acid groups (broad SMARTS) is 1. The van der Waals surface area contributed by atoms with Crippen LogP contribution in [0.4, 0.5) is 0 Å². The van der Waals surface area contributed by atoms with E-state index in [1.807, 2.05) is 6.92 Å². The zero-order valence-electron chi connectivity index (χ0n) is 11.1. The molecular formula is C14H14N2O3S. The van der Waals surface area contributed by atoms with Crippen LogP contribution >= 0.6 is 12.6 Å². The summed E-state index contributed by atoms with van der Waals surface area (Å²) in [6.45, 7) is 3.55. The highest BCUT2D eigenvalue weighted by Gasteiger charge is 2.03. The Kier molecular flexibility index (Phi) is 5.86. The third kappa shape index (κ3) is 4.47. The topological polar surface area (TPSA) is 80.2 Å². The Morgan fingerprint density at radius 1 is 1.00 bits per heavy atom. The van der Waals surface area contributed by atoms with E-state index in [1.54, 1.807) is 25.4 Å². The van der Waals surface area contributed by atoms with Crippen molar-refractivity contribution in [1.29, 1.82) is 0 Å². The molecule has 0 saturated heterocycles. The molecule has 0 atom stereocenters. The smallest absolute Gasteiger partial charge is 0.336 e. The molecule has 0 aliphatic rings. The van der Waals surface area contributed by atoms with Gasteiger partial charge in [0.2, 0.25) is 5.12 Å². The number of thiol groups is 1. The van der Waals surface area contributed by atoms with Crippen molar-refractivity contribution in [3.05, 3.63) is 59.2 Å². The molecule has 0 bridgehead atoms. The predicted molar refractivity (Wildman–Crippen MR) is 78.2 cm³/mol. The van der Waals surface area contributed by atoms with E-state index < -0.39 is 5.97 Å². The second-order valence-corrected chi connectivity index (χ2v) is 4.40. The van der Waals surface area contributed by atoms with Gasteiger partial charge in [-0.2, -0.15) is 0 Å². The van der Waals surface area contributed by atoms with Gasteiger partial charge in [0, 0.05) is 30.4 Å². The molecule has 20 heavy (non-hydrogen) atoms. The largest absolute Gasteiger partial charge is 0.478 e. The van der Waals surface area contributed by atoms with Gasteiger partial charge in [0.15, 0.2) is 0 Å². The Labute approximate surface area is 122 Å². The number of aromatic nitrogens is 2. The minimum absolute atomic E-state index is 0.208. The van der Waals surface area contributed by atoms with E-state index in [4.69, 9.17) is 5.11 Å². The Morgan fingerprint density at radius 3 is 1.70 bits per heavy atom. The molecule has 1 N–H and O–H groups in total. The highest BCUT2D eigenvalue weighted by atomic mass is 32.1. The molecule has 0 aliphatic heterocycles. The summed E-state index contributed by atoms with van der Waals surface area (Å²) in [5.74, 6) is -0.903. The molecule has 104 valence electrons. The van der Waals surface area contributed by atoms with E-state index in [0.29, 0.717) is 16.7 Å². The summed E-state index contributed by atoms with van der Waals surface area (Å²) in [6.07, 6.45) is 6.22. The van der Waals surface area contributed by atoms with Crippen LogP contribution in [0.1, 0.15) is 31.8 Å². The number of pyridine rings is 2. The first-order valence-electron chi connectivity index (χ1n) is 5.71. The van der Waals surface area contributed by atoms with Crippen LogP contribution in [0, 0.1) is 13.8 Å². The highest BCUT2D eigenvalue weighted by Crippen LogP contribution is 2.07. The van der Waals surface area contributed by atoms with E-state index >= 15 is 0 Å². The fraction of sp³-hybridized carbons (Fsp3) is 0.143. The Hall–Kier alpha value is -2.21. The molecule has 2 aromatic rings. The third-order valence-corrected chi connectivity index (χ3v) is 2.74. The second-order valence-electron chi connectivity index (χ2n) is 3.99. The molecule has 5 nitrogen and oxygen atoms in total. The second kappa shape index (κ2) is 7.40. The first-order valence-corrected chi connectivity index (χ1v) is 6.16. The number of carboxylic acids is 1. The maximum absolute atomic E-state index is 10.7. The lowest BCUT2D eigenvalue weighted by Crippen LogP contribution is -1.98. The van der Waals surface area contributed by atoms with Crippen LogP contribution in [-0.4, -0.2) is 26.2 Å². The van der Waals surface area contributed by atoms with Gasteiger partial charge in [0.05, 0.1) is 5.56 Å². The monoisotopic (exact) mass is 290 g/mol. The fourth-order valence-corrected chi connectivity index (χ4v) is 1.68. The summed E-state index contributed by atoms with van der Waals surface area (Å²) in [7, 11) is 0. The quantitative estimate of drug-likeness (QED) is 0.831. The highest BCUT2D eigenvalue weighted by molar-refractivity contribution is 7.97. The van der Waals surface area contributed by atoms with E-state index in [9.17, 15) is 9.59 Å². The Morgan fingerprint density at radius 2 is 1.45 bits per heavy atom. The fourth-order valence-electron chi connectivity index (χ4n) is 1.43. The number of nitrogens with zero attached hydrogens (tertiary/aromatic N) is 2. The Balaban J connectivity index is 0.000000200. The standard InChI is InChI=1S/C7H7NO2.C7H7NOS/c2*1-5-4-8-3-2-6(5)7(9)10/h2*2-4H,1H3,(H,9,10). The maximum atomic E-state index is 10.7. The Bertz CT molecular complexity index is 574. The van der Waals surface area contributed by atoms with Crippen molar-refractivity contribution in [2.24, 2.45) is 0 Å². The van der Waals surface area contributed by atoms with E-state index in [-0.39, 0.29) is 5.12 Å². The van der Waals surface area contributed by atoms with Gasteiger partial charge in [-0.3, -0.25) is 14.8 Å². The normalized spacial score (nSPS) is 9.35. The van der Waals surface area contributed by atoms with Crippen LogP contribution in [0.5, 0.6) is 0 Å². The van der Waals surface area contributed by atoms with Crippen molar-refractivity contribution in [2.75, 3.05) is 0 Å². The number of hydrogen-bond acceptors (Lipinski definition) is 4. The molecule has 0 saturated carbocycles. The van der Waals surface area contributed by atoms with E-state index in [0.717, 1.165) is 5.56 Å². The minimum atomic E-state index is -0.903. The SMILES string of the molecule is Cc1cnccc1C(=O)O.Cc1cnccc1C(=O)S. The van der Waals surface area contributed by atoms with Crippen LogP contribution in [0.2, 0.25) is 0 Å². The molecule has 0 unspecified atom stereocenters. The van der Waals surface area contributed by atoms with Crippen LogP contribution in [0.25, 0.3) is 0 Å². The van der Waals surface area contributed by atoms with Crippen LogP contribution in [0.3, 0.4) is 0 Å². The molecule has 0 aromatic carbocycles. The average molecular weight is 290 g/mol. The van der Waals surface area contributed by atoms with Crippen molar-refractivity contribution in [3.63, 3.8) is 0 Å². The zero-order chi connectivity index (χ0) is 15.1. The van der Waals surface area contributed by atoms with Crippen molar-refractivity contribution in [2.45, 2.75) is 13.8 Å².